The maximum atomic E-state index is 13.8. The quantitative estimate of drug-likeness (QED) is 0.0797. The molecule has 21 rings (SSSR count). The zero-order valence-corrected chi connectivity index (χ0v) is 83.4. The lowest BCUT2D eigenvalue weighted by Crippen LogP contribution is -2.05. The molecule has 0 aliphatic carbocycles. The first-order valence-electron chi connectivity index (χ1n) is 49.0. The molecule has 0 amide bonds. The number of hydrogen-bond acceptors (Lipinski definition) is 6. The number of rotatable bonds is 18. The Bertz CT molecular complexity index is 7950. The number of halogens is 6. The van der Waals surface area contributed by atoms with Crippen molar-refractivity contribution in [2.24, 2.45) is 0 Å². The molecule has 0 spiro atoms. The van der Waals surface area contributed by atoms with Crippen molar-refractivity contribution in [3.05, 3.63) is 503 Å². The average Bonchev–Trinajstić information content (AvgIpc) is 0.760. The third-order valence-electron chi connectivity index (χ3n) is 27.2. The molecule has 0 saturated carbocycles. The molecule has 0 radical (unpaired) electrons. The van der Waals surface area contributed by atoms with Gasteiger partial charge in [0, 0.05) is 66.8 Å². The number of benzene rings is 15. The summed E-state index contributed by atoms with van der Waals surface area (Å²) in [6, 6.07) is 141. The number of alkyl halides is 6. The molecule has 15 aromatic carbocycles. The lowest BCUT2D eigenvalue weighted by molar-refractivity contribution is -0.138. The van der Waals surface area contributed by atoms with Crippen LogP contribution in [0.25, 0.3) is 202 Å². The van der Waals surface area contributed by atoms with Crippen molar-refractivity contribution in [2.45, 2.75) is 95.4 Å². The summed E-state index contributed by atoms with van der Waals surface area (Å²) >= 11 is 0. The predicted molar refractivity (Wildman–Crippen MR) is 591 cm³/mol. The summed E-state index contributed by atoms with van der Waals surface area (Å²) in [4.78, 5) is 31.1. The van der Waals surface area contributed by atoms with Crippen LogP contribution in [0.3, 0.4) is 0 Å². The molecule has 0 N–H and O–H groups in total. The zero-order valence-electron chi connectivity index (χ0n) is 83.4. The van der Waals surface area contributed by atoms with E-state index in [1.165, 1.54) is 77.9 Å². The summed E-state index contributed by atoms with van der Waals surface area (Å²) in [5.41, 5.74) is 44.7. The van der Waals surface area contributed by atoms with Gasteiger partial charge in [-0.05, 0) is 362 Å². The highest BCUT2D eigenvalue weighted by Crippen LogP contribution is 2.50. The van der Waals surface area contributed by atoms with Crippen LogP contribution in [0.15, 0.2) is 425 Å². The molecule has 714 valence electrons. The van der Waals surface area contributed by atoms with Gasteiger partial charge in [0.05, 0.1) is 79.5 Å². The topological polar surface area (TPSA) is 77.3 Å². The maximum absolute atomic E-state index is 13.8. The van der Waals surface area contributed by atoms with Crippen LogP contribution in [0.2, 0.25) is 0 Å². The lowest BCUT2D eigenvalue weighted by atomic mass is 9.85. The summed E-state index contributed by atoms with van der Waals surface area (Å²) in [5, 5.41) is 0. The van der Waals surface area contributed by atoms with E-state index in [9.17, 15) is 26.3 Å². The number of pyridine rings is 6. The molecular formula is C134H106F6N6. The lowest BCUT2D eigenvalue weighted by Gasteiger charge is -2.20. The molecule has 12 heteroatoms. The SMILES string of the molecule is Cc1cc(-c2cccc(-c3cc(-c4ccccc4C)c(-c4cccc(-c5cc(C)cc(C(F)(F)F)c5)n4)cc3-c3ccccc3C)n2)cc(C(F)(F)F)c1.Cc1ccccc1-c1cc(-c2cccc(-c3c(C)cccc3C)n2)c(-c2ccccc2C)cc1-c1cccc(-c2c(C)cccc2C)n1.Cc1ccccc1-c1cc(-c2cccc(-c3ccccc3)n2)c(-c2ccccc2C)cc1-c1cccc(-c2ccccc2)n1. The molecular weight excluding hydrogens is 1810 g/mol. The highest BCUT2D eigenvalue weighted by molar-refractivity contribution is 6.00. The van der Waals surface area contributed by atoms with Crippen molar-refractivity contribution in [3.8, 4) is 202 Å². The smallest absolute Gasteiger partial charge is 0.248 e. The first kappa shape index (κ1) is 97.6. The number of hydrogen-bond donors (Lipinski definition) is 0. The van der Waals surface area contributed by atoms with Crippen molar-refractivity contribution in [1.29, 1.82) is 0 Å². The van der Waals surface area contributed by atoms with Crippen molar-refractivity contribution < 1.29 is 26.3 Å². The molecule has 6 aromatic heterocycles. The van der Waals surface area contributed by atoms with Gasteiger partial charge >= 0.3 is 12.4 Å². The second kappa shape index (κ2) is 42.1. The Morgan fingerprint density at radius 2 is 0.315 bits per heavy atom. The van der Waals surface area contributed by atoms with Crippen LogP contribution in [-0.2, 0) is 12.4 Å². The Morgan fingerprint density at radius 3 is 0.534 bits per heavy atom. The van der Waals surface area contributed by atoms with E-state index < -0.39 is 23.5 Å². The van der Waals surface area contributed by atoms with Gasteiger partial charge in [-0.3, -0.25) is 0 Å². The zero-order chi connectivity index (χ0) is 102. The third kappa shape index (κ3) is 21.0. The first-order chi connectivity index (χ1) is 70.6. The largest absolute Gasteiger partial charge is 0.416 e. The molecule has 0 bridgehead atoms. The van der Waals surface area contributed by atoms with Crippen molar-refractivity contribution in [2.75, 3.05) is 0 Å². The Hall–Kier alpha value is -17.2. The standard InChI is InChI=1S/C46H34F6N2.C46H40N2.C42H32N2/c1-27-19-31(23-33(21-27)45(47,48)49)41-15-9-17-43(53-41)39-25-38(36-14-8-6-12-30(36)4)40(26-37(39)35-13-7-5-11-29(35)3)44-18-10-16-42(54-44)32-20-28(2)22-34(24-32)46(50,51)52;1-29-15-7-9-21-35(29)37-27-40(42-24-14-26-44(48-42)46-33(5)19-12-20-34(46)6)38(36-22-10-8-16-30(36)2)28-39(37)41-23-13-25-43(47-41)45-31(3)17-11-18-32(45)4;1-29-15-9-11-21-33(29)35-27-38(42-26-14-24-40(44-42)32-19-7-4-8-20-32)36(34-22-12-10-16-30(34)2)28-37(35)41-25-13-23-39(43-41)31-17-5-3-6-18-31/h5-26H,1-4H3;7-28H,1-6H3;3-28H,1-2H3. The first-order valence-corrected chi connectivity index (χ1v) is 49.0. The monoisotopic (exact) mass is 1910 g/mol. The highest BCUT2D eigenvalue weighted by atomic mass is 19.4. The van der Waals surface area contributed by atoms with Crippen LogP contribution >= 0.6 is 0 Å². The minimum absolute atomic E-state index is 0.350. The van der Waals surface area contributed by atoms with Gasteiger partial charge in [0.1, 0.15) is 0 Å². The van der Waals surface area contributed by atoms with Crippen molar-refractivity contribution >= 4 is 0 Å². The Morgan fingerprint density at radius 1 is 0.137 bits per heavy atom. The van der Waals surface area contributed by atoms with E-state index in [1.54, 1.807) is 50.2 Å². The Kier molecular flexibility index (Phi) is 28.2. The number of aromatic nitrogens is 6. The van der Waals surface area contributed by atoms with E-state index in [0.717, 1.165) is 170 Å². The van der Waals surface area contributed by atoms with Crippen LogP contribution in [0.5, 0.6) is 0 Å². The summed E-state index contributed by atoms with van der Waals surface area (Å²) < 4.78 is 83.0. The Labute approximate surface area is 850 Å². The summed E-state index contributed by atoms with van der Waals surface area (Å²) in [5.74, 6) is 0. The van der Waals surface area contributed by atoms with Crippen molar-refractivity contribution in [1.82, 2.24) is 29.9 Å². The van der Waals surface area contributed by atoms with Gasteiger partial charge in [-0.1, -0.05) is 279 Å². The number of aryl methyl sites for hydroxylation is 12. The predicted octanol–water partition coefficient (Wildman–Crippen LogP) is 37.2. The molecule has 146 heavy (non-hydrogen) atoms. The van der Waals surface area contributed by atoms with Crippen LogP contribution in [0.1, 0.15) is 77.9 Å². The maximum Gasteiger partial charge on any atom is 0.416 e. The molecule has 0 saturated heterocycles. The summed E-state index contributed by atoms with van der Waals surface area (Å²) in [7, 11) is 0. The van der Waals surface area contributed by atoms with Crippen LogP contribution in [0, 0.1) is 83.1 Å². The second-order valence-corrected chi connectivity index (χ2v) is 37.6. The van der Waals surface area contributed by atoms with E-state index in [4.69, 9.17) is 29.9 Å². The van der Waals surface area contributed by atoms with Crippen LogP contribution in [-0.4, -0.2) is 29.9 Å². The second-order valence-electron chi connectivity index (χ2n) is 37.6. The van der Waals surface area contributed by atoms with Crippen molar-refractivity contribution in [3.63, 3.8) is 0 Å². The summed E-state index contributed by atoms with van der Waals surface area (Å²) in [6.45, 7) is 24.7. The molecule has 6 heterocycles. The molecule has 0 unspecified atom stereocenters. The van der Waals surface area contributed by atoms with Crippen LogP contribution < -0.4 is 0 Å². The molecule has 21 aromatic rings. The van der Waals surface area contributed by atoms with Gasteiger partial charge in [-0.2, -0.15) is 26.3 Å². The minimum Gasteiger partial charge on any atom is -0.248 e. The van der Waals surface area contributed by atoms with Crippen LogP contribution in [0.4, 0.5) is 26.3 Å². The molecule has 0 aliphatic heterocycles. The molecule has 6 nitrogen and oxygen atoms in total. The van der Waals surface area contributed by atoms with Gasteiger partial charge in [0.25, 0.3) is 0 Å². The molecule has 0 fully saturated rings. The van der Waals surface area contributed by atoms with Gasteiger partial charge in [-0.25, -0.2) is 29.9 Å². The van der Waals surface area contributed by atoms with E-state index in [0.29, 0.717) is 45.0 Å². The molecule has 0 atom stereocenters. The molecule has 0 aliphatic rings. The average molecular weight is 1910 g/mol. The van der Waals surface area contributed by atoms with E-state index in [-0.39, 0.29) is 0 Å². The van der Waals surface area contributed by atoms with E-state index in [2.05, 4.69) is 334 Å². The van der Waals surface area contributed by atoms with E-state index >= 15 is 0 Å². The fourth-order valence-corrected chi connectivity index (χ4v) is 19.9. The fourth-order valence-electron chi connectivity index (χ4n) is 19.9. The third-order valence-corrected chi connectivity index (χ3v) is 27.2. The van der Waals surface area contributed by atoms with Gasteiger partial charge < -0.3 is 0 Å². The minimum atomic E-state index is -4.51. The fraction of sp³-hybridized carbons (Fsp3) is 0.104. The normalized spacial score (nSPS) is 11.4. The highest BCUT2D eigenvalue weighted by Gasteiger charge is 2.34. The van der Waals surface area contributed by atoms with Gasteiger partial charge in [0.15, 0.2) is 0 Å². The van der Waals surface area contributed by atoms with E-state index in [1.807, 2.05) is 98.8 Å². The number of nitrogens with zero attached hydrogens (tertiary/aromatic N) is 6. The summed E-state index contributed by atoms with van der Waals surface area (Å²) in [6.07, 6.45) is -9.03. The van der Waals surface area contributed by atoms with Gasteiger partial charge in [-0.15, -0.1) is 0 Å². The Balaban J connectivity index is 0.000000139. The van der Waals surface area contributed by atoms with Gasteiger partial charge in [0.2, 0.25) is 0 Å².